The number of hydrogen-bond acceptors (Lipinski definition) is 4. The number of halogens is 1. The Hall–Kier alpha value is -1.48. The van der Waals surface area contributed by atoms with Crippen molar-refractivity contribution in [2.45, 2.75) is 38.5 Å². The van der Waals surface area contributed by atoms with Crippen LogP contribution in [0.1, 0.15) is 43.4 Å². The van der Waals surface area contributed by atoms with Gasteiger partial charge in [0.2, 0.25) is 0 Å². The predicted molar refractivity (Wildman–Crippen MR) is 77.1 cm³/mol. The highest BCUT2D eigenvalue weighted by Crippen LogP contribution is 2.18. The van der Waals surface area contributed by atoms with E-state index in [0.29, 0.717) is 24.3 Å². The molecule has 114 valence electrons. The number of hydrogen-bond donors (Lipinski definition) is 1. The average molecular weight is 292 g/mol. The van der Waals surface area contributed by atoms with Gasteiger partial charge in [0.1, 0.15) is 5.82 Å². The van der Waals surface area contributed by atoms with Gasteiger partial charge in [0.15, 0.2) is 6.29 Å². The molecular weight excluding hydrogens is 271 g/mol. The number of benzene rings is 1. The number of nitriles is 1. The number of nitrogens with zero attached hydrogens (tertiary/aromatic N) is 1. The van der Waals surface area contributed by atoms with Crippen molar-refractivity contribution < 1.29 is 13.9 Å². The van der Waals surface area contributed by atoms with Crippen LogP contribution in [0.2, 0.25) is 0 Å². The van der Waals surface area contributed by atoms with Crippen molar-refractivity contribution >= 4 is 0 Å². The van der Waals surface area contributed by atoms with E-state index in [9.17, 15) is 4.39 Å². The molecule has 0 unspecified atom stereocenters. The van der Waals surface area contributed by atoms with Gasteiger partial charge in [0, 0.05) is 24.8 Å². The Morgan fingerprint density at radius 2 is 2.38 bits per heavy atom. The highest BCUT2D eigenvalue weighted by Gasteiger charge is 2.14. The SMILES string of the molecule is C[C@H](NCCO[C@@H]1CCCCO1)c1ccc(C#N)cc1F. The molecule has 1 saturated heterocycles. The minimum Gasteiger partial charge on any atom is -0.353 e. The van der Waals surface area contributed by atoms with Gasteiger partial charge in [-0.05, 0) is 38.3 Å². The first-order valence-electron chi connectivity index (χ1n) is 7.37. The van der Waals surface area contributed by atoms with E-state index in [-0.39, 0.29) is 18.1 Å². The molecule has 2 rings (SSSR count). The van der Waals surface area contributed by atoms with Crippen LogP contribution in [0.15, 0.2) is 18.2 Å². The van der Waals surface area contributed by atoms with Crippen molar-refractivity contribution in [1.29, 1.82) is 5.26 Å². The molecule has 1 heterocycles. The minimum absolute atomic E-state index is 0.0949. The lowest BCUT2D eigenvalue weighted by Crippen LogP contribution is -2.28. The van der Waals surface area contributed by atoms with Crippen LogP contribution in [0.4, 0.5) is 4.39 Å². The monoisotopic (exact) mass is 292 g/mol. The van der Waals surface area contributed by atoms with Gasteiger partial charge in [-0.2, -0.15) is 5.26 Å². The first kappa shape index (κ1) is 15.9. The number of nitrogens with one attached hydrogen (secondary N) is 1. The molecular formula is C16H21FN2O2. The zero-order valence-electron chi connectivity index (χ0n) is 12.3. The maximum atomic E-state index is 13.8. The number of rotatable bonds is 6. The zero-order chi connectivity index (χ0) is 15.1. The number of ether oxygens (including phenoxy) is 2. The van der Waals surface area contributed by atoms with Gasteiger partial charge in [-0.15, -0.1) is 0 Å². The van der Waals surface area contributed by atoms with Gasteiger partial charge in [0.25, 0.3) is 0 Å². The molecule has 1 N–H and O–H groups in total. The second-order valence-electron chi connectivity index (χ2n) is 5.19. The van der Waals surface area contributed by atoms with Crippen molar-refractivity contribution in [2.75, 3.05) is 19.8 Å². The van der Waals surface area contributed by atoms with E-state index < -0.39 is 0 Å². The summed E-state index contributed by atoms with van der Waals surface area (Å²) in [6, 6.07) is 6.34. The highest BCUT2D eigenvalue weighted by molar-refractivity contribution is 5.34. The normalized spacial score (nSPS) is 20.0. The molecule has 2 atom stereocenters. The molecule has 0 radical (unpaired) electrons. The Kier molecular flexibility index (Phi) is 6.12. The quantitative estimate of drug-likeness (QED) is 0.819. The molecule has 0 aliphatic carbocycles. The molecule has 0 amide bonds. The van der Waals surface area contributed by atoms with E-state index in [2.05, 4.69) is 5.32 Å². The molecule has 0 spiro atoms. The van der Waals surface area contributed by atoms with E-state index in [1.54, 1.807) is 12.1 Å². The third-order valence-corrected chi connectivity index (χ3v) is 3.59. The molecule has 1 aromatic carbocycles. The summed E-state index contributed by atoms with van der Waals surface area (Å²) in [5.74, 6) is -0.356. The summed E-state index contributed by atoms with van der Waals surface area (Å²) in [5, 5.41) is 11.9. The molecule has 0 bridgehead atoms. The molecule has 1 fully saturated rings. The van der Waals surface area contributed by atoms with E-state index in [0.717, 1.165) is 25.9 Å². The van der Waals surface area contributed by atoms with Crippen LogP contribution in [0.25, 0.3) is 0 Å². The molecule has 0 aromatic heterocycles. The van der Waals surface area contributed by atoms with E-state index in [1.165, 1.54) is 6.07 Å². The fourth-order valence-corrected chi connectivity index (χ4v) is 2.37. The summed E-state index contributed by atoms with van der Waals surface area (Å²) in [6.07, 6.45) is 3.10. The van der Waals surface area contributed by atoms with E-state index in [4.69, 9.17) is 14.7 Å². The molecule has 5 heteroatoms. The predicted octanol–water partition coefficient (Wildman–Crippen LogP) is 2.89. The molecule has 4 nitrogen and oxygen atoms in total. The first-order valence-corrected chi connectivity index (χ1v) is 7.37. The molecule has 21 heavy (non-hydrogen) atoms. The van der Waals surface area contributed by atoms with Gasteiger partial charge in [-0.3, -0.25) is 0 Å². The lowest BCUT2D eigenvalue weighted by molar-refractivity contribution is -0.161. The average Bonchev–Trinajstić information content (AvgIpc) is 2.52. The zero-order valence-corrected chi connectivity index (χ0v) is 12.3. The van der Waals surface area contributed by atoms with Crippen LogP contribution in [-0.4, -0.2) is 26.0 Å². The summed E-state index contributed by atoms with van der Waals surface area (Å²) < 4.78 is 24.9. The first-order chi connectivity index (χ1) is 10.2. The standard InChI is InChI=1S/C16H21FN2O2/c1-12(14-6-5-13(11-18)10-15(14)17)19-7-9-21-16-4-2-3-8-20-16/h5-6,10,12,16,19H,2-4,7-9H2,1H3/t12-,16+/m0/s1. The van der Waals surface area contributed by atoms with Crippen molar-refractivity contribution in [1.82, 2.24) is 5.32 Å². The summed E-state index contributed by atoms with van der Waals surface area (Å²) in [5.41, 5.74) is 0.893. The molecule has 0 saturated carbocycles. The largest absolute Gasteiger partial charge is 0.353 e. The topological polar surface area (TPSA) is 54.3 Å². The van der Waals surface area contributed by atoms with Gasteiger partial charge >= 0.3 is 0 Å². The highest BCUT2D eigenvalue weighted by atomic mass is 19.1. The van der Waals surface area contributed by atoms with Crippen LogP contribution >= 0.6 is 0 Å². The van der Waals surface area contributed by atoms with Crippen molar-refractivity contribution in [2.24, 2.45) is 0 Å². The van der Waals surface area contributed by atoms with Crippen LogP contribution in [0.5, 0.6) is 0 Å². The van der Waals surface area contributed by atoms with Crippen LogP contribution in [0, 0.1) is 17.1 Å². The summed E-state index contributed by atoms with van der Waals surface area (Å²) in [6.45, 7) is 3.82. The summed E-state index contributed by atoms with van der Waals surface area (Å²) in [4.78, 5) is 0. The molecule has 1 aromatic rings. The third kappa shape index (κ3) is 4.78. The smallest absolute Gasteiger partial charge is 0.157 e. The lowest BCUT2D eigenvalue weighted by Gasteiger charge is -2.23. The fraction of sp³-hybridized carbons (Fsp3) is 0.562. The molecule has 1 aliphatic rings. The van der Waals surface area contributed by atoms with Crippen molar-refractivity contribution in [3.63, 3.8) is 0 Å². The van der Waals surface area contributed by atoms with E-state index >= 15 is 0 Å². The maximum Gasteiger partial charge on any atom is 0.157 e. The van der Waals surface area contributed by atoms with Gasteiger partial charge in [-0.25, -0.2) is 4.39 Å². The maximum absolute atomic E-state index is 13.8. The third-order valence-electron chi connectivity index (χ3n) is 3.59. The van der Waals surface area contributed by atoms with Gasteiger partial charge in [-0.1, -0.05) is 6.07 Å². The summed E-state index contributed by atoms with van der Waals surface area (Å²) >= 11 is 0. The fourth-order valence-electron chi connectivity index (χ4n) is 2.37. The Labute approximate surface area is 124 Å². The summed E-state index contributed by atoms with van der Waals surface area (Å²) in [7, 11) is 0. The van der Waals surface area contributed by atoms with Crippen LogP contribution in [0.3, 0.4) is 0 Å². The Morgan fingerprint density at radius 1 is 1.52 bits per heavy atom. The van der Waals surface area contributed by atoms with E-state index in [1.807, 2.05) is 13.0 Å². The molecule has 1 aliphatic heterocycles. The van der Waals surface area contributed by atoms with Gasteiger partial charge < -0.3 is 14.8 Å². The van der Waals surface area contributed by atoms with Crippen LogP contribution in [-0.2, 0) is 9.47 Å². The lowest BCUT2D eigenvalue weighted by atomic mass is 10.1. The Morgan fingerprint density at radius 3 is 3.05 bits per heavy atom. The van der Waals surface area contributed by atoms with Crippen LogP contribution < -0.4 is 5.32 Å². The van der Waals surface area contributed by atoms with Crippen molar-refractivity contribution in [3.8, 4) is 6.07 Å². The van der Waals surface area contributed by atoms with Gasteiger partial charge in [0.05, 0.1) is 18.2 Å². The van der Waals surface area contributed by atoms with Crippen molar-refractivity contribution in [3.05, 3.63) is 35.1 Å². The minimum atomic E-state index is -0.356. The Balaban J connectivity index is 1.74. The second kappa shape index (κ2) is 8.08. The second-order valence-corrected chi connectivity index (χ2v) is 5.19. The Bertz CT molecular complexity index is 496.